The lowest BCUT2D eigenvalue weighted by Gasteiger charge is -2.18. The number of β-amino-alcohol motifs (C(OH)–C–C–N with tert-alkyl or cyclic N) is 1. The highest BCUT2D eigenvalue weighted by Crippen LogP contribution is 2.29. The summed E-state index contributed by atoms with van der Waals surface area (Å²) in [5, 5.41) is 11.3. The van der Waals surface area contributed by atoms with Gasteiger partial charge in [-0.05, 0) is 37.3 Å². The van der Waals surface area contributed by atoms with Crippen LogP contribution in [0.25, 0.3) is 22.1 Å². The molecule has 4 aromatic rings. The lowest BCUT2D eigenvalue weighted by Crippen LogP contribution is -2.29. The van der Waals surface area contributed by atoms with Gasteiger partial charge >= 0.3 is 0 Å². The molecule has 1 fully saturated rings. The molecule has 1 aromatic carbocycles. The van der Waals surface area contributed by atoms with E-state index in [1.165, 1.54) is 6.20 Å². The number of likely N-dealkylation sites (tertiary alicyclic amines) is 1. The molecule has 0 radical (unpaired) electrons. The van der Waals surface area contributed by atoms with E-state index >= 15 is 0 Å². The fourth-order valence-electron chi connectivity index (χ4n) is 4.20. The molecule has 2 atom stereocenters. The zero-order chi connectivity index (χ0) is 21.0. The number of nitrogens with zero attached hydrogens (tertiary/aromatic N) is 4. The summed E-state index contributed by atoms with van der Waals surface area (Å²) in [4.78, 5) is 38.2. The maximum absolute atomic E-state index is 13.1. The van der Waals surface area contributed by atoms with E-state index < -0.39 is 12.0 Å². The molecule has 0 saturated carbocycles. The molecule has 9 heteroatoms. The zero-order valence-electron chi connectivity index (χ0n) is 16.2. The fourth-order valence-corrected chi connectivity index (χ4v) is 4.20. The first-order valence-electron chi connectivity index (χ1n) is 9.61. The van der Waals surface area contributed by atoms with E-state index in [2.05, 4.69) is 15.0 Å². The average molecular weight is 404 g/mol. The third-order valence-corrected chi connectivity index (χ3v) is 5.63. The Hall–Kier alpha value is -3.72. The first-order valence-corrected chi connectivity index (χ1v) is 9.61. The minimum absolute atomic E-state index is 0.159. The monoisotopic (exact) mass is 404 g/mol. The largest absolute Gasteiger partial charge is 0.389 e. The molecule has 4 heterocycles. The van der Waals surface area contributed by atoms with Crippen LogP contribution < -0.4 is 5.73 Å². The molecule has 1 aliphatic rings. The van der Waals surface area contributed by atoms with Gasteiger partial charge in [-0.15, -0.1) is 0 Å². The highest BCUT2D eigenvalue weighted by Gasteiger charge is 2.36. The summed E-state index contributed by atoms with van der Waals surface area (Å²) >= 11 is 0. The normalized spacial score (nSPS) is 19.1. The molecule has 0 unspecified atom stereocenters. The number of aromatic amines is 1. The number of hydrogen-bond donors (Lipinski definition) is 3. The van der Waals surface area contributed by atoms with Crippen molar-refractivity contribution in [3.8, 4) is 0 Å². The van der Waals surface area contributed by atoms with Crippen LogP contribution in [0.1, 0.15) is 32.6 Å². The Labute approximate surface area is 171 Å². The minimum Gasteiger partial charge on any atom is -0.389 e. The molecule has 1 aliphatic heterocycles. The van der Waals surface area contributed by atoms with Crippen molar-refractivity contribution >= 4 is 33.9 Å². The van der Waals surface area contributed by atoms with Gasteiger partial charge in [-0.25, -0.2) is 9.97 Å². The van der Waals surface area contributed by atoms with Gasteiger partial charge in [-0.2, -0.15) is 0 Å². The topological polar surface area (TPSA) is 130 Å². The van der Waals surface area contributed by atoms with Crippen molar-refractivity contribution in [1.82, 2.24) is 24.4 Å². The predicted molar refractivity (Wildman–Crippen MR) is 110 cm³/mol. The van der Waals surface area contributed by atoms with Crippen molar-refractivity contribution in [1.29, 1.82) is 0 Å². The van der Waals surface area contributed by atoms with Crippen LogP contribution in [0, 0.1) is 6.92 Å². The number of amides is 2. The molecule has 1 saturated heterocycles. The van der Waals surface area contributed by atoms with Gasteiger partial charge in [0.15, 0.2) is 0 Å². The van der Waals surface area contributed by atoms with Crippen molar-refractivity contribution in [3.05, 3.63) is 59.7 Å². The summed E-state index contributed by atoms with van der Waals surface area (Å²) in [7, 11) is 0. The van der Waals surface area contributed by atoms with Crippen molar-refractivity contribution in [2.75, 3.05) is 13.1 Å². The zero-order valence-corrected chi connectivity index (χ0v) is 16.2. The Balaban J connectivity index is 1.44. The molecule has 5 rings (SSSR count). The number of hydrogen-bond acceptors (Lipinski definition) is 5. The van der Waals surface area contributed by atoms with Crippen molar-refractivity contribution in [3.63, 3.8) is 0 Å². The number of carbonyl (C=O) groups is 2. The molecule has 2 amide bonds. The standard InChI is InChI=1S/C21H20N6O3/c1-11-24-15-3-2-12(8-16(15)25-11)21(30)26-9-17(18(28)10-26)27-7-5-14-13(19(22)29)4-6-23-20(14)27/h2-8,17-18,28H,9-10H2,1H3,(H2,22,29)(H,24,25)/t17-,18-/m1/s1. The Bertz CT molecular complexity index is 1310. The Kier molecular flexibility index (Phi) is 4.07. The Morgan fingerprint density at radius 3 is 2.87 bits per heavy atom. The second-order valence-corrected chi connectivity index (χ2v) is 7.58. The Morgan fingerprint density at radius 2 is 2.07 bits per heavy atom. The highest BCUT2D eigenvalue weighted by atomic mass is 16.3. The SMILES string of the molecule is Cc1nc2ccc(C(=O)N3C[C@@H](O)[C@H](n4ccc5c(C(N)=O)ccnc54)C3)cc2[nH]1. The second-order valence-electron chi connectivity index (χ2n) is 7.58. The van der Waals surface area contributed by atoms with Gasteiger partial charge in [0.05, 0.1) is 28.7 Å². The number of fused-ring (bicyclic) bond motifs is 2. The van der Waals surface area contributed by atoms with Crippen LogP contribution in [0.3, 0.4) is 0 Å². The van der Waals surface area contributed by atoms with Crippen molar-refractivity contribution < 1.29 is 14.7 Å². The van der Waals surface area contributed by atoms with Crippen LogP contribution >= 0.6 is 0 Å². The minimum atomic E-state index is -0.762. The van der Waals surface area contributed by atoms with Gasteiger partial charge in [0.2, 0.25) is 5.91 Å². The summed E-state index contributed by atoms with van der Waals surface area (Å²) < 4.78 is 1.81. The maximum atomic E-state index is 13.1. The van der Waals surface area contributed by atoms with Gasteiger partial charge in [0.1, 0.15) is 11.5 Å². The second kappa shape index (κ2) is 6.67. The van der Waals surface area contributed by atoms with Crippen LogP contribution in [0.5, 0.6) is 0 Å². The summed E-state index contributed by atoms with van der Waals surface area (Å²) in [5.41, 5.74) is 8.52. The summed E-state index contributed by atoms with van der Waals surface area (Å²) in [6.07, 6.45) is 2.53. The van der Waals surface area contributed by atoms with E-state index in [9.17, 15) is 14.7 Å². The number of H-pyrrole nitrogens is 1. The molecular formula is C21H20N6O3. The molecule has 0 bridgehead atoms. The van der Waals surface area contributed by atoms with Crippen molar-refractivity contribution in [2.45, 2.75) is 19.1 Å². The predicted octanol–water partition coefficient (Wildman–Crippen LogP) is 1.38. The Morgan fingerprint density at radius 1 is 1.23 bits per heavy atom. The number of aromatic nitrogens is 4. The average Bonchev–Trinajstić information content (AvgIpc) is 3.41. The molecule has 152 valence electrons. The first-order chi connectivity index (χ1) is 14.4. The number of pyridine rings is 1. The van der Waals surface area contributed by atoms with Crippen LogP contribution in [0.15, 0.2) is 42.7 Å². The number of aliphatic hydroxyl groups is 1. The third kappa shape index (κ3) is 2.82. The van der Waals surface area contributed by atoms with Crippen LogP contribution in [-0.2, 0) is 0 Å². The number of carbonyl (C=O) groups excluding carboxylic acids is 2. The van der Waals surface area contributed by atoms with Gasteiger partial charge in [-0.3, -0.25) is 9.59 Å². The van der Waals surface area contributed by atoms with Crippen LogP contribution in [0.4, 0.5) is 0 Å². The lowest BCUT2D eigenvalue weighted by molar-refractivity contribution is 0.0764. The molecule has 3 aromatic heterocycles. The number of benzene rings is 1. The van der Waals surface area contributed by atoms with E-state index in [0.717, 1.165) is 16.9 Å². The van der Waals surface area contributed by atoms with Gasteiger partial charge < -0.3 is 25.3 Å². The molecule has 4 N–H and O–H groups in total. The van der Waals surface area contributed by atoms with E-state index in [-0.39, 0.29) is 18.5 Å². The lowest BCUT2D eigenvalue weighted by atomic mass is 10.1. The number of nitrogens with one attached hydrogen (secondary N) is 1. The number of nitrogens with two attached hydrogens (primary N) is 1. The van der Waals surface area contributed by atoms with Gasteiger partial charge in [0, 0.05) is 36.4 Å². The summed E-state index contributed by atoms with van der Waals surface area (Å²) in [6.45, 7) is 2.40. The van der Waals surface area contributed by atoms with Gasteiger partial charge in [0.25, 0.3) is 5.91 Å². The maximum Gasteiger partial charge on any atom is 0.254 e. The molecule has 0 aliphatic carbocycles. The summed E-state index contributed by atoms with van der Waals surface area (Å²) in [6, 6.07) is 8.29. The number of rotatable bonds is 3. The molecule has 30 heavy (non-hydrogen) atoms. The number of primary amides is 1. The molecular weight excluding hydrogens is 384 g/mol. The van der Waals surface area contributed by atoms with Crippen molar-refractivity contribution in [2.24, 2.45) is 5.73 Å². The van der Waals surface area contributed by atoms with E-state index in [0.29, 0.717) is 28.7 Å². The van der Waals surface area contributed by atoms with E-state index in [4.69, 9.17) is 5.73 Å². The quantitative estimate of drug-likeness (QED) is 0.475. The van der Waals surface area contributed by atoms with Crippen LogP contribution in [-0.4, -0.2) is 60.5 Å². The highest BCUT2D eigenvalue weighted by molar-refractivity contribution is 6.04. The smallest absolute Gasteiger partial charge is 0.254 e. The number of aliphatic hydroxyl groups excluding tert-OH is 1. The number of aryl methyl sites for hydroxylation is 1. The van der Waals surface area contributed by atoms with Gasteiger partial charge in [-0.1, -0.05) is 0 Å². The molecule has 0 spiro atoms. The third-order valence-electron chi connectivity index (χ3n) is 5.63. The number of imidazole rings is 1. The fraction of sp³-hybridized carbons (Fsp3) is 0.238. The van der Waals surface area contributed by atoms with E-state index in [1.54, 1.807) is 39.9 Å². The van der Waals surface area contributed by atoms with Crippen LogP contribution in [0.2, 0.25) is 0 Å². The van der Waals surface area contributed by atoms with E-state index in [1.807, 2.05) is 13.0 Å². The molecule has 9 nitrogen and oxygen atoms in total. The summed E-state index contributed by atoms with van der Waals surface area (Å²) in [5.74, 6) is 0.0925. The first kappa shape index (κ1) is 18.3.